The summed E-state index contributed by atoms with van der Waals surface area (Å²) in [7, 11) is 1.47. The molecule has 0 aliphatic carbocycles. The number of rotatable bonds is 5. The Morgan fingerprint density at radius 2 is 1.88 bits per heavy atom. The van der Waals surface area contributed by atoms with Gasteiger partial charge in [-0.1, -0.05) is 0 Å². The number of aromatic hydroxyl groups is 1. The second-order valence-corrected chi connectivity index (χ2v) is 5.27. The number of carbonyl (C=O) groups excluding carboxylic acids is 1. The fraction of sp³-hybridized carbons (Fsp3) is 0.0526. The number of nitrogens with one attached hydrogen (secondary N) is 1. The molecule has 1 heterocycles. The molecule has 0 radical (unpaired) electrons. The minimum Gasteiger partial charge on any atom is -0.504 e. The van der Waals surface area contributed by atoms with E-state index in [1.807, 2.05) is 41.2 Å². The molecule has 2 aromatic carbocycles. The number of aromatic nitrogens is 1. The first-order valence-corrected chi connectivity index (χ1v) is 7.61. The van der Waals surface area contributed by atoms with Crippen molar-refractivity contribution in [3.63, 3.8) is 0 Å². The summed E-state index contributed by atoms with van der Waals surface area (Å²) in [6.07, 6.45) is 5.35. The van der Waals surface area contributed by atoms with Gasteiger partial charge in [0.25, 0.3) is 5.91 Å². The smallest absolute Gasteiger partial charge is 0.271 e. The van der Waals surface area contributed by atoms with Gasteiger partial charge in [0.05, 0.1) is 13.3 Å². The molecule has 0 saturated carbocycles. The van der Waals surface area contributed by atoms with Crippen molar-refractivity contribution < 1.29 is 14.6 Å². The first kappa shape index (κ1) is 16.3. The molecule has 0 aliphatic heterocycles. The maximum Gasteiger partial charge on any atom is 0.271 e. The number of nitrogens with zero attached hydrogens (tertiary/aromatic N) is 2. The van der Waals surface area contributed by atoms with Crippen LogP contribution in [0.4, 0.5) is 0 Å². The highest BCUT2D eigenvalue weighted by molar-refractivity contribution is 5.95. The average Bonchev–Trinajstić information content (AvgIpc) is 3.18. The van der Waals surface area contributed by atoms with Crippen molar-refractivity contribution in [2.45, 2.75) is 0 Å². The zero-order valence-electron chi connectivity index (χ0n) is 13.6. The molecule has 25 heavy (non-hydrogen) atoms. The van der Waals surface area contributed by atoms with Crippen LogP contribution in [-0.2, 0) is 0 Å². The predicted octanol–water partition coefficient (Wildman–Crippen LogP) is 2.96. The lowest BCUT2D eigenvalue weighted by Gasteiger charge is -2.05. The molecule has 0 fully saturated rings. The van der Waals surface area contributed by atoms with E-state index in [0.717, 1.165) is 5.69 Å². The Labute approximate surface area is 145 Å². The van der Waals surface area contributed by atoms with E-state index in [0.29, 0.717) is 16.9 Å². The van der Waals surface area contributed by atoms with Crippen molar-refractivity contribution in [2.75, 3.05) is 7.11 Å². The van der Waals surface area contributed by atoms with Crippen LogP contribution in [0.3, 0.4) is 0 Å². The lowest BCUT2D eigenvalue weighted by molar-refractivity contribution is 0.0955. The number of phenols is 1. The first-order valence-electron chi connectivity index (χ1n) is 7.61. The Morgan fingerprint density at radius 1 is 1.16 bits per heavy atom. The Morgan fingerprint density at radius 3 is 2.56 bits per heavy atom. The van der Waals surface area contributed by atoms with Crippen molar-refractivity contribution in [3.05, 3.63) is 78.1 Å². The van der Waals surface area contributed by atoms with Crippen LogP contribution in [0.2, 0.25) is 0 Å². The summed E-state index contributed by atoms with van der Waals surface area (Å²) in [4.78, 5) is 12.1. The van der Waals surface area contributed by atoms with E-state index in [1.54, 1.807) is 24.3 Å². The van der Waals surface area contributed by atoms with Crippen molar-refractivity contribution in [1.82, 2.24) is 9.99 Å². The van der Waals surface area contributed by atoms with Crippen LogP contribution < -0.4 is 10.2 Å². The number of carbonyl (C=O) groups is 1. The zero-order valence-corrected chi connectivity index (χ0v) is 13.6. The summed E-state index contributed by atoms with van der Waals surface area (Å²) in [5.41, 5.74) is 4.65. The van der Waals surface area contributed by atoms with Crippen LogP contribution >= 0.6 is 0 Å². The molecule has 0 atom stereocenters. The molecule has 2 N–H and O–H groups in total. The number of benzene rings is 2. The molecular formula is C19H17N3O3. The lowest BCUT2D eigenvalue weighted by Crippen LogP contribution is -2.17. The van der Waals surface area contributed by atoms with Gasteiger partial charge in [0.1, 0.15) is 0 Å². The highest BCUT2D eigenvalue weighted by Gasteiger charge is 2.05. The van der Waals surface area contributed by atoms with Crippen LogP contribution in [0.25, 0.3) is 5.69 Å². The molecule has 0 spiro atoms. The van der Waals surface area contributed by atoms with Gasteiger partial charge in [0, 0.05) is 23.6 Å². The van der Waals surface area contributed by atoms with Gasteiger partial charge >= 0.3 is 0 Å². The van der Waals surface area contributed by atoms with E-state index in [1.165, 1.54) is 19.4 Å². The number of methoxy groups -OCH3 is 1. The molecule has 0 saturated heterocycles. The molecule has 1 aromatic heterocycles. The largest absolute Gasteiger partial charge is 0.504 e. The van der Waals surface area contributed by atoms with Crippen LogP contribution in [0, 0.1) is 0 Å². The molecule has 0 unspecified atom stereocenters. The molecule has 0 aliphatic rings. The summed E-state index contributed by atoms with van der Waals surface area (Å²) in [5.74, 6) is 0.0865. The molecular weight excluding hydrogens is 318 g/mol. The summed E-state index contributed by atoms with van der Waals surface area (Å²) in [6, 6.07) is 15.9. The van der Waals surface area contributed by atoms with Crippen LogP contribution in [0.15, 0.2) is 72.1 Å². The highest BCUT2D eigenvalue weighted by atomic mass is 16.5. The Bertz CT molecular complexity index is 885. The van der Waals surface area contributed by atoms with Crippen molar-refractivity contribution in [1.29, 1.82) is 0 Å². The van der Waals surface area contributed by atoms with Gasteiger partial charge in [-0.2, -0.15) is 5.10 Å². The standard InChI is InChI=1S/C19H17N3O3/c1-25-18-12-14(4-9-17(18)23)13-20-21-19(24)15-5-7-16(8-6-15)22-10-2-3-11-22/h2-13,23H,1H3,(H,21,24). The monoisotopic (exact) mass is 335 g/mol. The minimum absolute atomic E-state index is 0.0477. The molecule has 1 amide bonds. The van der Waals surface area contributed by atoms with Gasteiger partial charge < -0.3 is 14.4 Å². The third-order valence-electron chi connectivity index (χ3n) is 3.62. The summed E-state index contributed by atoms with van der Waals surface area (Å²) < 4.78 is 6.98. The van der Waals surface area contributed by atoms with Gasteiger partial charge in [-0.15, -0.1) is 0 Å². The van der Waals surface area contributed by atoms with E-state index in [-0.39, 0.29) is 11.7 Å². The first-order chi connectivity index (χ1) is 12.2. The number of phenolic OH excluding ortho intramolecular Hbond substituents is 1. The topological polar surface area (TPSA) is 75.8 Å². The highest BCUT2D eigenvalue weighted by Crippen LogP contribution is 2.25. The maximum atomic E-state index is 12.1. The number of hydrogen-bond acceptors (Lipinski definition) is 4. The molecule has 6 heteroatoms. The third kappa shape index (κ3) is 3.87. The quantitative estimate of drug-likeness (QED) is 0.556. The Kier molecular flexibility index (Phi) is 4.80. The number of hydrogen-bond donors (Lipinski definition) is 2. The second-order valence-electron chi connectivity index (χ2n) is 5.27. The summed E-state index contributed by atoms with van der Waals surface area (Å²) in [6.45, 7) is 0. The average molecular weight is 335 g/mol. The molecule has 0 bridgehead atoms. The molecule has 6 nitrogen and oxygen atoms in total. The Balaban J connectivity index is 1.64. The third-order valence-corrected chi connectivity index (χ3v) is 3.62. The zero-order chi connectivity index (χ0) is 17.6. The van der Waals surface area contributed by atoms with Gasteiger partial charge in [0.15, 0.2) is 11.5 Å². The molecule has 3 rings (SSSR count). The normalized spacial score (nSPS) is 10.8. The maximum absolute atomic E-state index is 12.1. The number of amides is 1. The van der Waals surface area contributed by atoms with Crippen LogP contribution in [-0.4, -0.2) is 28.9 Å². The van der Waals surface area contributed by atoms with E-state index < -0.39 is 0 Å². The summed E-state index contributed by atoms with van der Waals surface area (Å²) in [5, 5.41) is 13.5. The van der Waals surface area contributed by atoms with Crippen molar-refractivity contribution >= 4 is 12.1 Å². The van der Waals surface area contributed by atoms with Crippen LogP contribution in [0.1, 0.15) is 15.9 Å². The Hall–Kier alpha value is -3.54. The number of hydrazone groups is 1. The predicted molar refractivity (Wildman–Crippen MR) is 95.5 cm³/mol. The van der Waals surface area contributed by atoms with E-state index in [4.69, 9.17) is 4.74 Å². The fourth-order valence-electron chi connectivity index (χ4n) is 2.30. The van der Waals surface area contributed by atoms with E-state index in [9.17, 15) is 9.90 Å². The fourth-order valence-corrected chi connectivity index (χ4v) is 2.30. The van der Waals surface area contributed by atoms with Crippen molar-refractivity contribution in [3.8, 4) is 17.2 Å². The van der Waals surface area contributed by atoms with Crippen LogP contribution in [0.5, 0.6) is 11.5 Å². The lowest BCUT2D eigenvalue weighted by atomic mass is 10.2. The summed E-state index contributed by atoms with van der Waals surface area (Å²) >= 11 is 0. The van der Waals surface area contributed by atoms with E-state index >= 15 is 0 Å². The SMILES string of the molecule is COc1cc(C=NNC(=O)c2ccc(-n3cccc3)cc2)ccc1O. The van der Waals surface area contributed by atoms with Gasteiger partial charge in [-0.05, 0) is 60.2 Å². The van der Waals surface area contributed by atoms with Gasteiger partial charge in [-0.3, -0.25) is 4.79 Å². The molecule has 126 valence electrons. The van der Waals surface area contributed by atoms with E-state index in [2.05, 4.69) is 10.5 Å². The number of ether oxygens (including phenoxy) is 1. The van der Waals surface area contributed by atoms with Gasteiger partial charge in [0.2, 0.25) is 0 Å². The molecule has 3 aromatic rings. The van der Waals surface area contributed by atoms with Crippen molar-refractivity contribution in [2.24, 2.45) is 5.10 Å². The van der Waals surface area contributed by atoms with Gasteiger partial charge in [-0.25, -0.2) is 5.43 Å². The second kappa shape index (κ2) is 7.35. The minimum atomic E-state index is -0.305.